The monoisotopic (exact) mass is 352 g/mol. The number of hydrogen-bond acceptors (Lipinski definition) is 6. The van der Waals surface area contributed by atoms with Gasteiger partial charge in [-0.2, -0.15) is 0 Å². The van der Waals surface area contributed by atoms with Crippen molar-refractivity contribution in [3.05, 3.63) is 23.3 Å². The fourth-order valence-corrected chi connectivity index (χ4v) is 2.49. The number of methoxy groups -OCH3 is 3. The summed E-state index contributed by atoms with van der Waals surface area (Å²) in [6.45, 7) is 4.72. The summed E-state index contributed by atoms with van der Waals surface area (Å²) in [5.41, 5.74) is 0.423. The molecule has 1 rings (SSSR count). The molecule has 6 heteroatoms. The van der Waals surface area contributed by atoms with Gasteiger partial charge in [0.2, 0.25) is 0 Å². The van der Waals surface area contributed by atoms with Crippen molar-refractivity contribution in [2.45, 2.75) is 39.5 Å². The molecule has 0 spiro atoms. The van der Waals surface area contributed by atoms with E-state index in [2.05, 4.69) is 13.8 Å². The summed E-state index contributed by atoms with van der Waals surface area (Å²) < 4.78 is 20.7. The second kappa shape index (κ2) is 10.6. The summed E-state index contributed by atoms with van der Waals surface area (Å²) in [7, 11) is 4.00. The summed E-state index contributed by atoms with van der Waals surface area (Å²) in [4.78, 5) is 24.0. The summed E-state index contributed by atoms with van der Waals surface area (Å²) in [5.74, 6) is -0.197. The van der Waals surface area contributed by atoms with Crippen molar-refractivity contribution in [3.8, 4) is 11.5 Å². The Kier molecular flexibility index (Phi) is 8.81. The molecule has 0 unspecified atom stereocenters. The maximum atomic E-state index is 12.1. The van der Waals surface area contributed by atoms with Gasteiger partial charge in [-0.3, -0.25) is 0 Å². The van der Waals surface area contributed by atoms with Crippen LogP contribution in [-0.4, -0.2) is 39.9 Å². The molecule has 0 aliphatic carbocycles. The van der Waals surface area contributed by atoms with Crippen LogP contribution < -0.4 is 9.47 Å². The van der Waals surface area contributed by atoms with Gasteiger partial charge in [-0.05, 0) is 24.5 Å². The zero-order valence-corrected chi connectivity index (χ0v) is 15.7. The van der Waals surface area contributed by atoms with E-state index in [0.29, 0.717) is 18.3 Å². The number of ether oxygens (including phenoxy) is 4. The standard InChI is InChI=1S/C19H28O6/c1-6-8-9-13(7-2)12-25-17-11-14(18(20)23-4)16(22-3)10-15(17)19(21)24-5/h10-11,13H,6-9,12H2,1-5H3/t13-/m1/s1. The molecule has 0 aliphatic rings. The lowest BCUT2D eigenvalue weighted by atomic mass is 10.0. The summed E-state index contributed by atoms with van der Waals surface area (Å²) in [6.07, 6.45) is 4.29. The average molecular weight is 352 g/mol. The maximum Gasteiger partial charge on any atom is 0.341 e. The normalized spacial score (nSPS) is 11.6. The molecule has 1 aromatic rings. The SMILES string of the molecule is CCCC[C@@H](CC)COc1cc(C(=O)OC)c(OC)cc1C(=O)OC. The van der Waals surface area contributed by atoms with Crippen molar-refractivity contribution in [2.24, 2.45) is 5.92 Å². The highest BCUT2D eigenvalue weighted by atomic mass is 16.5. The predicted molar refractivity (Wildman–Crippen MR) is 94.5 cm³/mol. The van der Waals surface area contributed by atoms with Gasteiger partial charge < -0.3 is 18.9 Å². The first-order valence-electron chi connectivity index (χ1n) is 8.53. The van der Waals surface area contributed by atoms with Gasteiger partial charge in [-0.15, -0.1) is 0 Å². The fraction of sp³-hybridized carbons (Fsp3) is 0.579. The first-order chi connectivity index (χ1) is 12.0. The molecule has 0 aliphatic heterocycles. The molecule has 0 N–H and O–H groups in total. The van der Waals surface area contributed by atoms with Crippen LogP contribution >= 0.6 is 0 Å². The highest BCUT2D eigenvalue weighted by Gasteiger charge is 2.22. The van der Waals surface area contributed by atoms with Crippen molar-refractivity contribution in [3.63, 3.8) is 0 Å². The van der Waals surface area contributed by atoms with Crippen molar-refractivity contribution < 1.29 is 28.5 Å². The highest BCUT2D eigenvalue weighted by Crippen LogP contribution is 2.31. The summed E-state index contributed by atoms with van der Waals surface area (Å²) in [6, 6.07) is 2.92. The second-order valence-electron chi connectivity index (χ2n) is 5.76. The molecule has 0 bridgehead atoms. The predicted octanol–water partition coefficient (Wildman–Crippen LogP) is 3.86. The van der Waals surface area contributed by atoms with E-state index in [0.717, 1.165) is 25.7 Å². The van der Waals surface area contributed by atoms with E-state index in [1.165, 1.54) is 33.5 Å². The number of benzene rings is 1. The van der Waals surface area contributed by atoms with Gasteiger partial charge >= 0.3 is 11.9 Å². The molecule has 25 heavy (non-hydrogen) atoms. The van der Waals surface area contributed by atoms with E-state index in [4.69, 9.17) is 18.9 Å². The minimum atomic E-state index is -0.559. The maximum absolute atomic E-state index is 12.1. The smallest absolute Gasteiger partial charge is 0.341 e. The zero-order valence-electron chi connectivity index (χ0n) is 15.7. The van der Waals surface area contributed by atoms with E-state index in [9.17, 15) is 9.59 Å². The lowest BCUT2D eigenvalue weighted by Crippen LogP contribution is -2.15. The minimum absolute atomic E-state index is 0.203. The molecule has 6 nitrogen and oxygen atoms in total. The first-order valence-corrected chi connectivity index (χ1v) is 8.53. The third-order valence-electron chi connectivity index (χ3n) is 4.13. The van der Waals surface area contributed by atoms with Crippen LogP contribution in [0.15, 0.2) is 12.1 Å². The zero-order chi connectivity index (χ0) is 18.8. The van der Waals surface area contributed by atoms with E-state index in [-0.39, 0.29) is 16.9 Å². The topological polar surface area (TPSA) is 71.1 Å². The molecule has 140 valence electrons. The second-order valence-corrected chi connectivity index (χ2v) is 5.76. The van der Waals surface area contributed by atoms with Crippen molar-refractivity contribution >= 4 is 11.9 Å². The van der Waals surface area contributed by atoms with Crippen molar-refractivity contribution in [2.75, 3.05) is 27.9 Å². The van der Waals surface area contributed by atoms with Crippen molar-refractivity contribution in [1.82, 2.24) is 0 Å². The summed E-state index contributed by atoms with van der Waals surface area (Å²) in [5, 5.41) is 0. The van der Waals surface area contributed by atoms with Crippen LogP contribution in [-0.2, 0) is 9.47 Å². The fourth-order valence-electron chi connectivity index (χ4n) is 2.49. The number of rotatable bonds is 10. The molecule has 0 fully saturated rings. The highest BCUT2D eigenvalue weighted by molar-refractivity contribution is 5.98. The Balaban J connectivity index is 3.16. The molecular formula is C19H28O6. The first kappa shape index (κ1) is 20.8. The van der Waals surface area contributed by atoms with Gasteiger partial charge in [0.25, 0.3) is 0 Å². The number of carbonyl (C=O) groups excluding carboxylic acids is 2. The van der Waals surface area contributed by atoms with Gasteiger partial charge in [0, 0.05) is 0 Å². The lowest BCUT2D eigenvalue weighted by molar-refractivity contribution is 0.0578. The van der Waals surface area contributed by atoms with Gasteiger partial charge in [0.1, 0.15) is 22.6 Å². The van der Waals surface area contributed by atoms with Crippen LogP contribution in [0.3, 0.4) is 0 Å². The average Bonchev–Trinajstić information content (AvgIpc) is 2.66. The van der Waals surface area contributed by atoms with E-state index in [1.807, 2.05) is 0 Å². The van der Waals surface area contributed by atoms with Crippen LogP contribution in [0.5, 0.6) is 11.5 Å². The molecular weight excluding hydrogens is 324 g/mol. The number of carbonyl (C=O) groups is 2. The van der Waals surface area contributed by atoms with Crippen LogP contribution in [0.1, 0.15) is 60.2 Å². The number of hydrogen-bond donors (Lipinski definition) is 0. The van der Waals surface area contributed by atoms with Crippen LogP contribution in [0, 0.1) is 5.92 Å². The molecule has 0 amide bonds. The third-order valence-corrected chi connectivity index (χ3v) is 4.13. The number of unbranched alkanes of at least 4 members (excludes halogenated alkanes) is 1. The van der Waals surface area contributed by atoms with Crippen LogP contribution in [0.25, 0.3) is 0 Å². The molecule has 1 aromatic carbocycles. The van der Waals surface area contributed by atoms with Gasteiger partial charge in [-0.1, -0.05) is 33.1 Å². The van der Waals surface area contributed by atoms with Gasteiger partial charge in [-0.25, -0.2) is 9.59 Å². The quantitative estimate of drug-likeness (QED) is 0.595. The van der Waals surface area contributed by atoms with Gasteiger partial charge in [0.05, 0.1) is 27.9 Å². The number of esters is 2. The van der Waals surface area contributed by atoms with Crippen LogP contribution in [0.4, 0.5) is 0 Å². The largest absolute Gasteiger partial charge is 0.496 e. The Morgan fingerprint density at radius 3 is 2.00 bits per heavy atom. The molecule has 0 radical (unpaired) electrons. The Morgan fingerprint density at radius 1 is 0.960 bits per heavy atom. The Morgan fingerprint density at radius 2 is 1.52 bits per heavy atom. The Hall–Kier alpha value is -2.24. The molecule has 1 atom stereocenters. The Bertz CT molecular complexity index is 582. The third kappa shape index (κ3) is 5.66. The Labute approximate surface area is 149 Å². The van der Waals surface area contributed by atoms with E-state index >= 15 is 0 Å². The molecule has 0 heterocycles. The van der Waals surface area contributed by atoms with Crippen LogP contribution in [0.2, 0.25) is 0 Å². The molecule has 0 saturated heterocycles. The van der Waals surface area contributed by atoms with E-state index in [1.54, 1.807) is 0 Å². The molecule has 0 aromatic heterocycles. The van der Waals surface area contributed by atoms with E-state index < -0.39 is 11.9 Å². The lowest BCUT2D eigenvalue weighted by Gasteiger charge is -2.18. The summed E-state index contributed by atoms with van der Waals surface area (Å²) >= 11 is 0. The molecule has 0 saturated carbocycles. The van der Waals surface area contributed by atoms with Gasteiger partial charge in [0.15, 0.2) is 0 Å². The minimum Gasteiger partial charge on any atom is -0.496 e. The van der Waals surface area contributed by atoms with Crippen molar-refractivity contribution in [1.29, 1.82) is 0 Å².